The molecule has 2 atom stereocenters. The van der Waals surface area contributed by atoms with Gasteiger partial charge in [0.2, 0.25) is 5.91 Å². The minimum Gasteiger partial charge on any atom is -0.497 e. The lowest BCUT2D eigenvalue weighted by Crippen LogP contribution is -2.37. The van der Waals surface area contributed by atoms with Crippen molar-refractivity contribution in [1.29, 1.82) is 0 Å². The molecule has 0 aromatic heterocycles. The van der Waals surface area contributed by atoms with Gasteiger partial charge in [0.15, 0.2) is 15.0 Å². The van der Waals surface area contributed by atoms with Crippen molar-refractivity contribution in [2.24, 2.45) is 4.99 Å². The van der Waals surface area contributed by atoms with Crippen molar-refractivity contribution in [3.05, 3.63) is 60.2 Å². The Morgan fingerprint density at radius 2 is 1.97 bits per heavy atom. The number of amidine groups is 1. The second-order valence-electron chi connectivity index (χ2n) is 7.50. The normalized spacial score (nSPS) is 23.5. The van der Waals surface area contributed by atoms with E-state index in [1.54, 1.807) is 7.11 Å². The summed E-state index contributed by atoms with van der Waals surface area (Å²) in [6, 6.07) is 17.3. The zero-order chi connectivity index (χ0) is 21.1. The lowest BCUT2D eigenvalue weighted by Gasteiger charge is -2.24. The van der Waals surface area contributed by atoms with Gasteiger partial charge in [-0.05, 0) is 30.5 Å². The molecule has 0 spiro atoms. The Hall–Kier alpha value is -2.32. The Bertz CT molecular complexity index is 1050. The Balaban J connectivity index is 1.52. The number of hydrogen-bond acceptors (Lipinski definition) is 5. The number of aliphatic imine (C=N–C) groups is 1. The Kier molecular flexibility index (Phi) is 6.15. The fourth-order valence-corrected chi connectivity index (χ4v) is 7.81. The lowest BCUT2D eigenvalue weighted by atomic mass is 10.1. The maximum atomic E-state index is 12.6. The van der Waals surface area contributed by atoms with E-state index in [2.05, 4.69) is 17.1 Å². The average molecular weight is 445 g/mol. The SMILES string of the molecule is COc1cccc(N2C(=NC(=O)CCCc3ccccc3)S[C@@H]3CS(=O)(=O)C[C@H]32)c1. The van der Waals surface area contributed by atoms with Gasteiger partial charge in [0.1, 0.15) is 5.75 Å². The first kappa shape index (κ1) is 20.9. The van der Waals surface area contributed by atoms with Crippen LogP contribution in [0.5, 0.6) is 5.75 Å². The maximum Gasteiger partial charge on any atom is 0.248 e. The monoisotopic (exact) mass is 444 g/mol. The number of sulfone groups is 1. The number of benzene rings is 2. The molecule has 2 saturated heterocycles. The highest BCUT2D eigenvalue weighted by molar-refractivity contribution is 8.16. The third kappa shape index (κ3) is 4.70. The molecule has 0 aliphatic carbocycles. The van der Waals surface area contributed by atoms with E-state index in [1.165, 1.54) is 17.3 Å². The topological polar surface area (TPSA) is 76.0 Å². The van der Waals surface area contributed by atoms with Gasteiger partial charge < -0.3 is 9.64 Å². The van der Waals surface area contributed by atoms with Crippen molar-refractivity contribution in [3.8, 4) is 5.75 Å². The van der Waals surface area contributed by atoms with Gasteiger partial charge in [-0.1, -0.05) is 48.2 Å². The summed E-state index contributed by atoms with van der Waals surface area (Å²) >= 11 is 1.39. The zero-order valence-corrected chi connectivity index (χ0v) is 18.4. The molecule has 2 fully saturated rings. The van der Waals surface area contributed by atoms with E-state index in [1.807, 2.05) is 47.4 Å². The maximum absolute atomic E-state index is 12.6. The van der Waals surface area contributed by atoms with Gasteiger partial charge in [-0.15, -0.1) is 0 Å². The van der Waals surface area contributed by atoms with Gasteiger partial charge in [0.25, 0.3) is 0 Å². The summed E-state index contributed by atoms with van der Waals surface area (Å²) in [5.41, 5.74) is 1.99. The van der Waals surface area contributed by atoms with Crippen molar-refractivity contribution in [3.63, 3.8) is 0 Å². The molecule has 0 bridgehead atoms. The highest BCUT2D eigenvalue weighted by Crippen LogP contribution is 2.41. The highest BCUT2D eigenvalue weighted by Gasteiger charge is 2.49. The fourth-order valence-electron chi connectivity index (χ4n) is 3.88. The molecule has 2 aromatic carbocycles. The molecule has 0 radical (unpaired) electrons. The van der Waals surface area contributed by atoms with Crippen LogP contribution >= 0.6 is 11.8 Å². The molecule has 30 heavy (non-hydrogen) atoms. The molecule has 1 amide bonds. The molecule has 158 valence electrons. The van der Waals surface area contributed by atoms with E-state index in [9.17, 15) is 13.2 Å². The van der Waals surface area contributed by atoms with Gasteiger partial charge in [-0.3, -0.25) is 4.79 Å². The van der Waals surface area contributed by atoms with E-state index in [0.29, 0.717) is 17.3 Å². The predicted molar refractivity (Wildman–Crippen MR) is 121 cm³/mol. The summed E-state index contributed by atoms with van der Waals surface area (Å²) in [4.78, 5) is 18.8. The smallest absolute Gasteiger partial charge is 0.248 e. The van der Waals surface area contributed by atoms with E-state index in [0.717, 1.165) is 18.5 Å². The van der Waals surface area contributed by atoms with E-state index >= 15 is 0 Å². The van der Waals surface area contributed by atoms with Crippen LogP contribution in [0.4, 0.5) is 5.69 Å². The number of rotatable bonds is 6. The quantitative estimate of drug-likeness (QED) is 0.680. The number of aryl methyl sites for hydroxylation is 1. The molecule has 2 aliphatic rings. The van der Waals surface area contributed by atoms with Crippen LogP contribution in [0.3, 0.4) is 0 Å². The first-order valence-corrected chi connectivity index (χ1v) is 12.6. The van der Waals surface area contributed by atoms with Crippen LogP contribution in [-0.4, -0.2) is 49.4 Å². The summed E-state index contributed by atoms with van der Waals surface area (Å²) in [6.07, 6.45) is 1.91. The Morgan fingerprint density at radius 3 is 2.73 bits per heavy atom. The molecule has 0 unspecified atom stereocenters. The van der Waals surface area contributed by atoms with Crippen LogP contribution in [0.15, 0.2) is 59.6 Å². The van der Waals surface area contributed by atoms with Crippen LogP contribution in [0.2, 0.25) is 0 Å². The van der Waals surface area contributed by atoms with Gasteiger partial charge >= 0.3 is 0 Å². The van der Waals surface area contributed by atoms with Gasteiger partial charge in [0, 0.05) is 23.4 Å². The van der Waals surface area contributed by atoms with Gasteiger partial charge in [-0.25, -0.2) is 8.42 Å². The number of carbonyl (C=O) groups is 1. The van der Waals surface area contributed by atoms with Crippen molar-refractivity contribution in [2.75, 3.05) is 23.5 Å². The summed E-state index contributed by atoms with van der Waals surface area (Å²) < 4.78 is 29.7. The number of fused-ring (bicyclic) bond motifs is 1. The number of ether oxygens (including phenoxy) is 1. The second kappa shape index (κ2) is 8.81. The number of anilines is 1. The lowest BCUT2D eigenvalue weighted by molar-refractivity contribution is -0.117. The number of carbonyl (C=O) groups excluding carboxylic acids is 1. The summed E-state index contributed by atoms with van der Waals surface area (Å²) in [7, 11) is -1.50. The molecule has 4 rings (SSSR count). The van der Waals surface area contributed by atoms with Crippen LogP contribution in [0.1, 0.15) is 18.4 Å². The second-order valence-corrected chi connectivity index (χ2v) is 10.9. The predicted octanol–water partition coefficient (Wildman–Crippen LogP) is 3.32. The molecule has 2 heterocycles. The van der Waals surface area contributed by atoms with Crippen molar-refractivity contribution in [1.82, 2.24) is 0 Å². The minimum absolute atomic E-state index is 0.0725. The molecule has 6 nitrogen and oxygen atoms in total. The van der Waals surface area contributed by atoms with Crippen molar-refractivity contribution >= 4 is 38.4 Å². The van der Waals surface area contributed by atoms with Crippen LogP contribution in [-0.2, 0) is 21.1 Å². The number of methoxy groups -OCH3 is 1. The fraction of sp³-hybridized carbons (Fsp3) is 0.364. The number of thioether (sulfide) groups is 1. The van der Waals surface area contributed by atoms with E-state index in [4.69, 9.17) is 4.74 Å². The zero-order valence-electron chi connectivity index (χ0n) is 16.7. The standard InChI is InChI=1S/C22H24N2O4S2/c1-28-18-11-6-10-17(13-18)24-19-14-30(26,27)15-20(19)29-22(24)23-21(25)12-5-9-16-7-3-2-4-8-16/h2-4,6-8,10-11,13,19-20H,5,9,12,14-15H2,1H3/t19-,20-/m1/s1. The number of nitrogens with zero attached hydrogens (tertiary/aromatic N) is 2. The highest BCUT2D eigenvalue weighted by atomic mass is 32.2. The van der Waals surface area contributed by atoms with Gasteiger partial charge in [-0.2, -0.15) is 4.99 Å². The molecular formula is C22H24N2O4S2. The Morgan fingerprint density at radius 1 is 1.17 bits per heavy atom. The molecule has 8 heteroatoms. The molecular weight excluding hydrogens is 420 g/mol. The van der Waals surface area contributed by atoms with Crippen LogP contribution in [0.25, 0.3) is 0 Å². The Labute approximate surface area is 181 Å². The minimum atomic E-state index is -3.09. The van der Waals surface area contributed by atoms with Crippen molar-refractivity contribution in [2.45, 2.75) is 30.6 Å². The summed E-state index contributed by atoms with van der Waals surface area (Å²) in [6.45, 7) is 0. The van der Waals surface area contributed by atoms with E-state index < -0.39 is 9.84 Å². The summed E-state index contributed by atoms with van der Waals surface area (Å²) in [5.74, 6) is 0.687. The van der Waals surface area contributed by atoms with Gasteiger partial charge in [0.05, 0.1) is 24.7 Å². The van der Waals surface area contributed by atoms with E-state index in [-0.39, 0.29) is 28.7 Å². The number of hydrogen-bond donors (Lipinski definition) is 0. The number of amides is 1. The first-order valence-electron chi connectivity index (χ1n) is 9.91. The van der Waals surface area contributed by atoms with Crippen LogP contribution < -0.4 is 9.64 Å². The largest absolute Gasteiger partial charge is 0.497 e. The van der Waals surface area contributed by atoms with Crippen molar-refractivity contribution < 1.29 is 17.9 Å². The molecule has 0 N–H and O–H groups in total. The molecule has 2 aliphatic heterocycles. The molecule has 2 aromatic rings. The third-order valence-electron chi connectivity index (χ3n) is 5.32. The average Bonchev–Trinajstić information content (AvgIpc) is 3.19. The van der Waals surface area contributed by atoms with Crippen LogP contribution in [0, 0.1) is 0 Å². The molecule has 0 saturated carbocycles. The summed E-state index contributed by atoms with van der Waals surface area (Å²) in [5, 5.41) is 0.468. The third-order valence-corrected chi connectivity index (χ3v) is 8.53. The first-order chi connectivity index (χ1) is 14.4.